The number of carbonyl (C=O) groups is 2. The average Bonchev–Trinajstić information content (AvgIpc) is 2.45. The van der Waals surface area contributed by atoms with Gasteiger partial charge in [0.05, 0.1) is 13.2 Å². The van der Waals surface area contributed by atoms with Crippen LogP contribution in [0.4, 0.5) is 0 Å². The highest BCUT2D eigenvalue weighted by Crippen LogP contribution is 2.17. The zero-order valence-corrected chi connectivity index (χ0v) is 11.8. The first-order valence-electron chi connectivity index (χ1n) is 6.53. The molecule has 0 spiro atoms. The largest absolute Gasteiger partial charge is 0.478 e. The van der Waals surface area contributed by atoms with Gasteiger partial charge in [-0.3, -0.25) is 4.79 Å². The fourth-order valence-electron chi connectivity index (χ4n) is 1.95. The van der Waals surface area contributed by atoms with Crippen LogP contribution in [0.3, 0.4) is 0 Å². The SMILES string of the molecule is Cc1c(C=CC(=O)O)cccc1C(=O)N(CCO)CCO. The van der Waals surface area contributed by atoms with E-state index in [0.29, 0.717) is 16.7 Å². The van der Waals surface area contributed by atoms with Gasteiger partial charge in [0.2, 0.25) is 0 Å². The minimum atomic E-state index is -1.06. The maximum Gasteiger partial charge on any atom is 0.328 e. The van der Waals surface area contributed by atoms with Crippen LogP contribution < -0.4 is 0 Å². The lowest BCUT2D eigenvalue weighted by atomic mass is 10.0. The van der Waals surface area contributed by atoms with Crippen molar-refractivity contribution < 1.29 is 24.9 Å². The highest BCUT2D eigenvalue weighted by molar-refractivity contribution is 5.97. The summed E-state index contributed by atoms with van der Waals surface area (Å²) in [6.07, 6.45) is 2.44. The van der Waals surface area contributed by atoms with Gasteiger partial charge in [-0.1, -0.05) is 12.1 Å². The smallest absolute Gasteiger partial charge is 0.328 e. The van der Waals surface area contributed by atoms with Gasteiger partial charge in [0, 0.05) is 24.7 Å². The Balaban J connectivity index is 3.09. The Hall–Kier alpha value is -2.18. The molecule has 1 aromatic carbocycles. The normalized spacial score (nSPS) is 10.8. The molecule has 0 saturated carbocycles. The Kier molecular flexibility index (Phi) is 6.58. The Labute approximate surface area is 122 Å². The van der Waals surface area contributed by atoms with E-state index in [2.05, 4.69) is 0 Å². The van der Waals surface area contributed by atoms with Crippen LogP contribution >= 0.6 is 0 Å². The van der Waals surface area contributed by atoms with Crippen molar-refractivity contribution in [2.75, 3.05) is 26.3 Å². The third-order valence-corrected chi connectivity index (χ3v) is 3.04. The molecule has 0 radical (unpaired) electrons. The minimum Gasteiger partial charge on any atom is -0.478 e. The Bertz CT molecular complexity index is 533. The number of carbonyl (C=O) groups excluding carboxylic acids is 1. The highest BCUT2D eigenvalue weighted by atomic mass is 16.4. The van der Waals surface area contributed by atoms with E-state index in [1.165, 1.54) is 11.0 Å². The number of carboxylic acid groups (broad SMARTS) is 1. The molecule has 3 N–H and O–H groups in total. The molecule has 0 bridgehead atoms. The molecule has 0 aliphatic carbocycles. The van der Waals surface area contributed by atoms with E-state index in [1.807, 2.05) is 0 Å². The van der Waals surface area contributed by atoms with Crippen LogP contribution in [0.2, 0.25) is 0 Å². The van der Waals surface area contributed by atoms with Crippen molar-refractivity contribution >= 4 is 18.0 Å². The van der Waals surface area contributed by atoms with Crippen LogP contribution in [-0.4, -0.2) is 58.4 Å². The Morgan fingerprint density at radius 2 is 1.81 bits per heavy atom. The number of aliphatic hydroxyl groups excluding tert-OH is 2. The minimum absolute atomic E-state index is 0.133. The fraction of sp³-hybridized carbons (Fsp3) is 0.333. The van der Waals surface area contributed by atoms with Crippen molar-refractivity contribution in [3.05, 3.63) is 41.0 Å². The Morgan fingerprint density at radius 1 is 1.19 bits per heavy atom. The summed E-state index contributed by atoms with van der Waals surface area (Å²) in [7, 11) is 0. The number of hydrogen-bond donors (Lipinski definition) is 3. The van der Waals surface area contributed by atoms with Gasteiger partial charge in [-0.15, -0.1) is 0 Å². The summed E-state index contributed by atoms with van der Waals surface area (Å²) in [5.41, 5.74) is 1.71. The monoisotopic (exact) mass is 293 g/mol. The third kappa shape index (κ3) is 4.70. The molecule has 6 nitrogen and oxygen atoms in total. The summed E-state index contributed by atoms with van der Waals surface area (Å²) in [4.78, 5) is 24.3. The van der Waals surface area contributed by atoms with E-state index in [9.17, 15) is 9.59 Å². The molecule has 1 aromatic rings. The lowest BCUT2D eigenvalue weighted by Crippen LogP contribution is -2.36. The second-order valence-electron chi connectivity index (χ2n) is 4.43. The summed E-state index contributed by atoms with van der Waals surface area (Å²) in [6.45, 7) is 1.61. The molecule has 0 aliphatic heterocycles. The van der Waals surface area contributed by atoms with Gasteiger partial charge in [-0.2, -0.15) is 0 Å². The van der Waals surface area contributed by atoms with Crippen LogP contribution in [0, 0.1) is 6.92 Å². The van der Waals surface area contributed by atoms with Crippen LogP contribution in [0.15, 0.2) is 24.3 Å². The second-order valence-corrected chi connectivity index (χ2v) is 4.43. The first-order chi connectivity index (χ1) is 10.0. The predicted molar refractivity (Wildman–Crippen MR) is 77.9 cm³/mol. The number of amides is 1. The quantitative estimate of drug-likeness (QED) is 0.637. The lowest BCUT2D eigenvalue weighted by Gasteiger charge is -2.22. The average molecular weight is 293 g/mol. The number of nitrogens with zero attached hydrogens (tertiary/aromatic N) is 1. The van der Waals surface area contributed by atoms with Crippen LogP contribution in [0.5, 0.6) is 0 Å². The number of hydrogen-bond acceptors (Lipinski definition) is 4. The first kappa shape index (κ1) is 16.9. The summed E-state index contributed by atoms with van der Waals surface area (Å²) < 4.78 is 0. The van der Waals surface area contributed by atoms with E-state index in [0.717, 1.165) is 6.08 Å². The number of aliphatic carboxylic acids is 1. The molecule has 0 aliphatic rings. The fourth-order valence-corrected chi connectivity index (χ4v) is 1.95. The number of carboxylic acids is 1. The van der Waals surface area contributed by atoms with Gasteiger partial charge < -0.3 is 20.2 Å². The molecule has 1 amide bonds. The standard InChI is InChI=1S/C15H19NO5/c1-11-12(5-6-14(19)20)3-2-4-13(11)15(21)16(7-9-17)8-10-18/h2-6,17-18H,7-10H2,1H3,(H,19,20). The zero-order valence-electron chi connectivity index (χ0n) is 11.8. The summed E-state index contributed by atoms with van der Waals surface area (Å²) in [5.74, 6) is -1.37. The van der Waals surface area contributed by atoms with E-state index < -0.39 is 5.97 Å². The summed E-state index contributed by atoms with van der Waals surface area (Å²) in [6, 6.07) is 5.02. The predicted octanol–water partition coefficient (Wildman–Crippen LogP) is 0.520. The van der Waals surface area contributed by atoms with Crippen molar-refractivity contribution in [3.8, 4) is 0 Å². The molecule has 0 heterocycles. The molecule has 0 atom stereocenters. The van der Waals surface area contributed by atoms with E-state index in [-0.39, 0.29) is 32.2 Å². The zero-order chi connectivity index (χ0) is 15.8. The van der Waals surface area contributed by atoms with Crippen LogP contribution in [-0.2, 0) is 4.79 Å². The number of benzene rings is 1. The van der Waals surface area contributed by atoms with E-state index in [4.69, 9.17) is 15.3 Å². The molecular weight excluding hydrogens is 274 g/mol. The third-order valence-electron chi connectivity index (χ3n) is 3.04. The van der Waals surface area contributed by atoms with Crippen LogP contribution in [0.25, 0.3) is 6.08 Å². The molecule has 0 aromatic heterocycles. The molecule has 1 rings (SSSR count). The summed E-state index contributed by atoms with van der Waals surface area (Å²) >= 11 is 0. The summed E-state index contributed by atoms with van der Waals surface area (Å²) in [5, 5.41) is 26.6. The van der Waals surface area contributed by atoms with Crippen molar-refractivity contribution in [1.29, 1.82) is 0 Å². The second kappa shape index (κ2) is 8.18. The van der Waals surface area contributed by atoms with Gasteiger partial charge >= 0.3 is 5.97 Å². The van der Waals surface area contributed by atoms with Crippen LogP contribution in [0.1, 0.15) is 21.5 Å². The first-order valence-corrected chi connectivity index (χ1v) is 6.53. The van der Waals surface area contributed by atoms with Crippen molar-refractivity contribution in [1.82, 2.24) is 4.90 Å². The molecule has 21 heavy (non-hydrogen) atoms. The number of rotatable bonds is 7. The molecule has 6 heteroatoms. The van der Waals surface area contributed by atoms with Gasteiger partial charge in [0.15, 0.2) is 0 Å². The Morgan fingerprint density at radius 3 is 2.33 bits per heavy atom. The lowest BCUT2D eigenvalue weighted by molar-refractivity contribution is -0.131. The van der Waals surface area contributed by atoms with Gasteiger partial charge in [0.25, 0.3) is 5.91 Å². The topological polar surface area (TPSA) is 98.1 Å². The van der Waals surface area contributed by atoms with Crippen molar-refractivity contribution in [2.24, 2.45) is 0 Å². The molecule has 0 fully saturated rings. The van der Waals surface area contributed by atoms with Gasteiger partial charge in [-0.25, -0.2) is 4.79 Å². The highest BCUT2D eigenvalue weighted by Gasteiger charge is 2.17. The maximum absolute atomic E-state index is 12.4. The van der Waals surface area contributed by atoms with Crippen molar-refractivity contribution in [3.63, 3.8) is 0 Å². The molecular formula is C15H19NO5. The molecule has 0 saturated heterocycles. The van der Waals surface area contributed by atoms with Crippen molar-refractivity contribution in [2.45, 2.75) is 6.92 Å². The molecule has 114 valence electrons. The van der Waals surface area contributed by atoms with E-state index in [1.54, 1.807) is 25.1 Å². The van der Waals surface area contributed by atoms with Gasteiger partial charge in [-0.05, 0) is 30.2 Å². The van der Waals surface area contributed by atoms with Gasteiger partial charge in [0.1, 0.15) is 0 Å². The van der Waals surface area contributed by atoms with E-state index >= 15 is 0 Å². The molecule has 0 unspecified atom stereocenters. The maximum atomic E-state index is 12.4. The number of aliphatic hydroxyl groups is 2.